The lowest BCUT2D eigenvalue weighted by molar-refractivity contribution is 0.0296. The van der Waals surface area contributed by atoms with E-state index in [9.17, 15) is 5.11 Å². The van der Waals surface area contributed by atoms with Crippen molar-refractivity contribution >= 4 is 0 Å². The third-order valence-corrected chi connectivity index (χ3v) is 4.37. The van der Waals surface area contributed by atoms with Crippen LogP contribution in [0.4, 0.5) is 0 Å². The van der Waals surface area contributed by atoms with Crippen molar-refractivity contribution in [2.24, 2.45) is 0 Å². The molecule has 0 saturated carbocycles. The van der Waals surface area contributed by atoms with Crippen LogP contribution < -0.4 is 0 Å². The van der Waals surface area contributed by atoms with Crippen molar-refractivity contribution < 1.29 is 5.11 Å². The Morgan fingerprint density at radius 1 is 1.39 bits per heavy atom. The zero-order valence-corrected chi connectivity index (χ0v) is 11.8. The van der Waals surface area contributed by atoms with Gasteiger partial charge >= 0.3 is 0 Å². The first-order valence-electron chi connectivity index (χ1n) is 7.13. The molecular formula is C16H25NO. The van der Waals surface area contributed by atoms with Gasteiger partial charge in [0.2, 0.25) is 0 Å². The highest BCUT2D eigenvalue weighted by Gasteiger charge is 2.31. The molecular weight excluding hydrogens is 222 g/mol. The molecule has 1 aliphatic carbocycles. The van der Waals surface area contributed by atoms with E-state index in [2.05, 4.69) is 44.0 Å². The average Bonchev–Trinajstić information content (AvgIpc) is 2.39. The molecule has 100 valence electrons. The second-order valence-electron chi connectivity index (χ2n) is 5.55. The average molecular weight is 247 g/mol. The molecule has 0 heterocycles. The molecule has 0 spiro atoms. The van der Waals surface area contributed by atoms with E-state index in [4.69, 9.17) is 0 Å². The second kappa shape index (κ2) is 5.85. The number of rotatable bonds is 4. The number of aliphatic hydroxyl groups excluding tert-OH is 1. The molecule has 3 unspecified atom stereocenters. The van der Waals surface area contributed by atoms with E-state index < -0.39 is 0 Å². The molecule has 18 heavy (non-hydrogen) atoms. The zero-order valence-electron chi connectivity index (χ0n) is 11.8. The standard InChI is InChI=1S/C16H25NO/c1-4-7-12(2)17(3)15-11-10-13-8-5-6-9-14(13)16(15)18/h5-6,8-9,12,15-16,18H,4,7,10-11H2,1-3H3. The van der Waals surface area contributed by atoms with Gasteiger partial charge < -0.3 is 5.11 Å². The van der Waals surface area contributed by atoms with Crippen LogP contribution >= 0.6 is 0 Å². The normalized spacial score (nSPS) is 24.9. The van der Waals surface area contributed by atoms with Gasteiger partial charge in [0.1, 0.15) is 0 Å². The Labute approximate surface area is 111 Å². The predicted octanol–water partition coefficient (Wildman–Crippen LogP) is 3.16. The van der Waals surface area contributed by atoms with Crippen LogP contribution in [0.1, 0.15) is 50.3 Å². The second-order valence-corrected chi connectivity index (χ2v) is 5.55. The van der Waals surface area contributed by atoms with Gasteiger partial charge in [0.25, 0.3) is 0 Å². The number of aliphatic hydroxyl groups is 1. The largest absolute Gasteiger partial charge is 0.387 e. The number of aryl methyl sites for hydroxylation is 1. The van der Waals surface area contributed by atoms with Crippen molar-refractivity contribution in [3.05, 3.63) is 35.4 Å². The highest BCUT2D eigenvalue weighted by Crippen LogP contribution is 2.33. The Bertz CT molecular complexity index is 390. The molecule has 2 nitrogen and oxygen atoms in total. The van der Waals surface area contributed by atoms with Crippen molar-refractivity contribution in [3.63, 3.8) is 0 Å². The van der Waals surface area contributed by atoms with Crippen LogP contribution in [0, 0.1) is 0 Å². The van der Waals surface area contributed by atoms with Crippen LogP contribution in [-0.4, -0.2) is 29.1 Å². The molecule has 2 rings (SSSR count). The van der Waals surface area contributed by atoms with Gasteiger partial charge in [-0.15, -0.1) is 0 Å². The summed E-state index contributed by atoms with van der Waals surface area (Å²) in [5, 5.41) is 10.6. The minimum Gasteiger partial charge on any atom is -0.387 e. The summed E-state index contributed by atoms with van der Waals surface area (Å²) in [5.74, 6) is 0. The molecule has 0 bridgehead atoms. The van der Waals surface area contributed by atoms with Gasteiger partial charge in [0, 0.05) is 12.1 Å². The summed E-state index contributed by atoms with van der Waals surface area (Å²) in [6, 6.07) is 9.12. The van der Waals surface area contributed by atoms with Crippen molar-refractivity contribution in [1.82, 2.24) is 4.90 Å². The van der Waals surface area contributed by atoms with E-state index in [-0.39, 0.29) is 12.1 Å². The molecule has 1 aromatic carbocycles. The van der Waals surface area contributed by atoms with Crippen LogP contribution in [0.2, 0.25) is 0 Å². The smallest absolute Gasteiger partial charge is 0.0947 e. The van der Waals surface area contributed by atoms with Gasteiger partial charge in [-0.05, 0) is 44.4 Å². The molecule has 3 atom stereocenters. The summed E-state index contributed by atoms with van der Waals surface area (Å²) in [4.78, 5) is 2.37. The minimum absolute atomic E-state index is 0.265. The maximum atomic E-state index is 10.6. The third-order valence-electron chi connectivity index (χ3n) is 4.37. The highest BCUT2D eigenvalue weighted by molar-refractivity contribution is 5.32. The summed E-state index contributed by atoms with van der Waals surface area (Å²) in [6.45, 7) is 4.48. The Morgan fingerprint density at radius 3 is 2.83 bits per heavy atom. The van der Waals surface area contributed by atoms with Crippen molar-refractivity contribution in [1.29, 1.82) is 0 Å². The van der Waals surface area contributed by atoms with E-state index in [1.807, 2.05) is 6.07 Å². The number of hydrogen-bond donors (Lipinski definition) is 1. The van der Waals surface area contributed by atoms with Crippen LogP contribution in [0.3, 0.4) is 0 Å². The fourth-order valence-corrected chi connectivity index (χ4v) is 3.09. The summed E-state index contributed by atoms with van der Waals surface area (Å²) in [6.07, 6.45) is 4.20. The van der Waals surface area contributed by atoms with Gasteiger partial charge in [-0.25, -0.2) is 0 Å². The van der Waals surface area contributed by atoms with E-state index >= 15 is 0 Å². The lowest BCUT2D eigenvalue weighted by Crippen LogP contribution is -2.44. The van der Waals surface area contributed by atoms with Gasteiger partial charge in [-0.2, -0.15) is 0 Å². The van der Waals surface area contributed by atoms with E-state index in [0.29, 0.717) is 6.04 Å². The maximum Gasteiger partial charge on any atom is 0.0947 e. The molecule has 1 aliphatic rings. The van der Waals surface area contributed by atoms with Crippen LogP contribution in [0.25, 0.3) is 0 Å². The summed E-state index contributed by atoms with van der Waals surface area (Å²) < 4.78 is 0. The third kappa shape index (κ3) is 2.60. The van der Waals surface area contributed by atoms with Gasteiger partial charge in [0.15, 0.2) is 0 Å². The molecule has 0 amide bonds. The Balaban J connectivity index is 2.13. The van der Waals surface area contributed by atoms with E-state index in [1.54, 1.807) is 0 Å². The lowest BCUT2D eigenvalue weighted by Gasteiger charge is -2.39. The molecule has 0 fully saturated rings. The molecule has 0 saturated heterocycles. The number of nitrogens with zero attached hydrogens (tertiary/aromatic N) is 1. The first kappa shape index (κ1) is 13.6. The fraction of sp³-hybridized carbons (Fsp3) is 0.625. The summed E-state index contributed by atoms with van der Waals surface area (Å²) in [5.41, 5.74) is 2.45. The number of hydrogen-bond acceptors (Lipinski definition) is 2. The van der Waals surface area contributed by atoms with Crippen LogP contribution in [-0.2, 0) is 6.42 Å². The molecule has 0 aromatic heterocycles. The van der Waals surface area contributed by atoms with Gasteiger partial charge in [-0.3, -0.25) is 4.90 Å². The quantitative estimate of drug-likeness (QED) is 0.883. The SMILES string of the molecule is CCCC(C)N(C)C1CCc2ccccc2C1O. The fourth-order valence-electron chi connectivity index (χ4n) is 3.09. The summed E-state index contributed by atoms with van der Waals surface area (Å²) in [7, 11) is 2.15. The van der Waals surface area contributed by atoms with Crippen LogP contribution in [0.5, 0.6) is 0 Å². The highest BCUT2D eigenvalue weighted by atomic mass is 16.3. The maximum absolute atomic E-state index is 10.6. The van der Waals surface area contributed by atoms with Crippen LogP contribution in [0.15, 0.2) is 24.3 Å². The van der Waals surface area contributed by atoms with Crippen molar-refractivity contribution in [3.8, 4) is 0 Å². The first-order chi connectivity index (χ1) is 8.65. The zero-order chi connectivity index (χ0) is 13.1. The first-order valence-corrected chi connectivity index (χ1v) is 7.13. The molecule has 0 radical (unpaired) electrons. The van der Waals surface area contributed by atoms with Crippen molar-refractivity contribution in [2.45, 2.75) is 57.7 Å². The van der Waals surface area contributed by atoms with Crippen molar-refractivity contribution in [2.75, 3.05) is 7.05 Å². The predicted molar refractivity (Wildman–Crippen MR) is 75.6 cm³/mol. The molecule has 1 aromatic rings. The Morgan fingerprint density at radius 2 is 2.11 bits per heavy atom. The number of likely N-dealkylation sites (N-methyl/N-ethyl adjacent to an activating group) is 1. The Hall–Kier alpha value is -0.860. The molecule has 2 heteroatoms. The Kier molecular flexibility index (Phi) is 4.41. The molecule has 0 aliphatic heterocycles. The number of benzene rings is 1. The lowest BCUT2D eigenvalue weighted by atomic mass is 9.84. The monoisotopic (exact) mass is 247 g/mol. The molecule has 1 N–H and O–H groups in total. The summed E-state index contributed by atoms with van der Waals surface area (Å²) >= 11 is 0. The number of fused-ring (bicyclic) bond motifs is 1. The van der Waals surface area contributed by atoms with E-state index in [0.717, 1.165) is 18.4 Å². The van der Waals surface area contributed by atoms with Gasteiger partial charge in [-0.1, -0.05) is 37.6 Å². The minimum atomic E-state index is -0.334. The van der Waals surface area contributed by atoms with Gasteiger partial charge in [0.05, 0.1) is 6.10 Å². The van der Waals surface area contributed by atoms with E-state index in [1.165, 1.54) is 18.4 Å². The topological polar surface area (TPSA) is 23.5 Å².